The summed E-state index contributed by atoms with van der Waals surface area (Å²) in [5.74, 6) is 0.515. The molecular weight excluding hydrogens is 272 g/mol. The van der Waals surface area contributed by atoms with Crippen molar-refractivity contribution >= 4 is 22.6 Å². The van der Waals surface area contributed by atoms with E-state index in [0.717, 1.165) is 5.56 Å². The number of benzene rings is 2. The molecule has 2 aromatic carbocycles. The molecule has 0 saturated heterocycles. The highest BCUT2D eigenvalue weighted by molar-refractivity contribution is 6.20. The predicted octanol–water partition coefficient (Wildman–Crippen LogP) is 4.76. The van der Waals surface area contributed by atoms with Gasteiger partial charge >= 0.3 is 0 Å². The average Bonchev–Trinajstić information content (AvgIpc) is 2.48. The van der Waals surface area contributed by atoms with Crippen molar-refractivity contribution in [1.82, 2.24) is 0 Å². The third kappa shape index (κ3) is 2.12. The van der Waals surface area contributed by atoms with Crippen molar-refractivity contribution in [2.75, 3.05) is 0 Å². The monoisotopic (exact) mass is 284 g/mol. The van der Waals surface area contributed by atoms with Crippen LogP contribution in [0.25, 0.3) is 22.1 Å². The quantitative estimate of drug-likeness (QED) is 0.635. The molecule has 1 aromatic heterocycles. The molecule has 0 aliphatic carbocycles. The van der Waals surface area contributed by atoms with E-state index in [4.69, 9.17) is 16.0 Å². The molecular formula is C17H13ClO2. The number of halogens is 1. The molecule has 3 rings (SSSR count). The standard InChI is InChI=1S/C17H13ClO2/c1-11(18)17-15(12-7-3-2-4-8-12)16(19)13-9-5-6-10-14(13)20-17/h2-11H,1H3. The van der Waals surface area contributed by atoms with Crippen LogP contribution in [0.15, 0.2) is 63.8 Å². The van der Waals surface area contributed by atoms with E-state index in [0.29, 0.717) is 22.3 Å². The Morgan fingerprint density at radius 1 is 1.00 bits per heavy atom. The van der Waals surface area contributed by atoms with Gasteiger partial charge in [0.1, 0.15) is 11.3 Å². The van der Waals surface area contributed by atoms with Crippen molar-refractivity contribution in [3.63, 3.8) is 0 Å². The van der Waals surface area contributed by atoms with E-state index in [1.165, 1.54) is 0 Å². The number of hydrogen-bond donors (Lipinski definition) is 0. The van der Waals surface area contributed by atoms with Gasteiger partial charge in [-0.2, -0.15) is 0 Å². The summed E-state index contributed by atoms with van der Waals surface area (Å²) >= 11 is 6.20. The maximum Gasteiger partial charge on any atom is 0.200 e. The Morgan fingerprint density at radius 3 is 2.35 bits per heavy atom. The molecule has 1 unspecified atom stereocenters. The fourth-order valence-electron chi connectivity index (χ4n) is 2.32. The largest absolute Gasteiger partial charge is 0.459 e. The van der Waals surface area contributed by atoms with E-state index in [-0.39, 0.29) is 10.8 Å². The second kappa shape index (κ2) is 5.14. The van der Waals surface area contributed by atoms with Crippen molar-refractivity contribution in [2.45, 2.75) is 12.3 Å². The van der Waals surface area contributed by atoms with Gasteiger partial charge in [-0.3, -0.25) is 4.79 Å². The van der Waals surface area contributed by atoms with E-state index in [1.54, 1.807) is 19.1 Å². The van der Waals surface area contributed by atoms with Gasteiger partial charge in [-0.05, 0) is 24.6 Å². The SMILES string of the molecule is CC(Cl)c1oc2ccccc2c(=O)c1-c1ccccc1. The Bertz CT molecular complexity index is 804. The van der Waals surface area contributed by atoms with E-state index in [1.807, 2.05) is 42.5 Å². The van der Waals surface area contributed by atoms with Crippen molar-refractivity contribution in [3.8, 4) is 11.1 Å². The molecule has 0 spiro atoms. The highest BCUT2D eigenvalue weighted by Gasteiger charge is 2.19. The predicted molar refractivity (Wildman–Crippen MR) is 82.2 cm³/mol. The summed E-state index contributed by atoms with van der Waals surface area (Å²) in [5, 5.41) is 0.204. The van der Waals surface area contributed by atoms with Gasteiger partial charge in [0.25, 0.3) is 0 Å². The van der Waals surface area contributed by atoms with E-state index in [2.05, 4.69) is 0 Å². The Hall–Kier alpha value is -2.06. The third-order valence-electron chi connectivity index (χ3n) is 3.25. The molecule has 0 N–H and O–H groups in total. The summed E-state index contributed by atoms with van der Waals surface area (Å²) in [6, 6.07) is 16.7. The first kappa shape index (κ1) is 12.9. The molecule has 0 aliphatic rings. The van der Waals surface area contributed by atoms with Gasteiger partial charge in [-0.15, -0.1) is 11.6 Å². The molecule has 1 heterocycles. The minimum absolute atomic E-state index is 0.0412. The van der Waals surface area contributed by atoms with Crippen molar-refractivity contribution < 1.29 is 4.42 Å². The minimum Gasteiger partial charge on any atom is -0.459 e. The van der Waals surface area contributed by atoms with Crippen molar-refractivity contribution in [1.29, 1.82) is 0 Å². The lowest BCUT2D eigenvalue weighted by atomic mass is 10.0. The summed E-state index contributed by atoms with van der Waals surface area (Å²) in [7, 11) is 0. The first-order valence-corrected chi connectivity index (χ1v) is 6.87. The minimum atomic E-state index is -0.373. The number of rotatable bonds is 2. The van der Waals surface area contributed by atoms with Crippen LogP contribution in [0.5, 0.6) is 0 Å². The zero-order chi connectivity index (χ0) is 14.1. The maximum atomic E-state index is 12.7. The first-order chi connectivity index (χ1) is 9.68. The fraction of sp³-hybridized carbons (Fsp3) is 0.118. The first-order valence-electron chi connectivity index (χ1n) is 6.43. The van der Waals surface area contributed by atoms with Gasteiger partial charge in [0, 0.05) is 0 Å². The molecule has 0 amide bonds. The lowest BCUT2D eigenvalue weighted by Crippen LogP contribution is -2.09. The number of para-hydroxylation sites is 1. The second-order valence-electron chi connectivity index (χ2n) is 4.65. The summed E-state index contributed by atoms with van der Waals surface area (Å²) in [6.45, 7) is 1.81. The Balaban J connectivity index is 2.43. The summed E-state index contributed by atoms with van der Waals surface area (Å²) in [5.41, 5.74) is 1.90. The van der Waals surface area contributed by atoms with Crippen LogP contribution in [0.4, 0.5) is 0 Å². The smallest absolute Gasteiger partial charge is 0.200 e. The third-order valence-corrected chi connectivity index (χ3v) is 3.45. The second-order valence-corrected chi connectivity index (χ2v) is 5.30. The summed E-state index contributed by atoms with van der Waals surface area (Å²) in [4.78, 5) is 12.7. The van der Waals surface area contributed by atoms with Crippen LogP contribution >= 0.6 is 11.6 Å². The molecule has 0 radical (unpaired) electrons. The van der Waals surface area contributed by atoms with Crippen LogP contribution in [0.2, 0.25) is 0 Å². The molecule has 0 aliphatic heterocycles. The molecule has 3 heteroatoms. The number of alkyl halides is 1. The molecule has 3 aromatic rings. The summed E-state index contributed by atoms with van der Waals surface area (Å²) in [6.07, 6.45) is 0. The fourth-order valence-corrected chi connectivity index (χ4v) is 2.47. The van der Waals surface area contributed by atoms with Gasteiger partial charge in [0.15, 0.2) is 0 Å². The molecule has 0 saturated carbocycles. The van der Waals surface area contributed by atoms with Crippen LogP contribution in [-0.2, 0) is 0 Å². The summed E-state index contributed by atoms with van der Waals surface area (Å²) < 4.78 is 5.86. The van der Waals surface area contributed by atoms with E-state index in [9.17, 15) is 4.79 Å². The lowest BCUT2D eigenvalue weighted by Gasteiger charge is -2.11. The van der Waals surface area contributed by atoms with Gasteiger partial charge in [0.05, 0.1) is 16.3 Å². The van der Waals surface area contributed by atoms with Crippen LogP contribution in [-0.4, -0.2) is 0 Å². The van der Waals surface area contributed by atoms with Crippen LogP contribution < -0.4 is 5.43 Å². The topological polar surface area (TPSA) is 30.2 Å². The number of hydrogen-bond acceptors (Lipinski definition) is 2. The normalized spacial score (nSPS) is 12.5. The zero-order valence-corrected chi connectivity index (χ0v) is 11.7. The Labute approximate surface area is 121 Å². The van der Waals surface area contributed by atoms with Gasteiger partial charge in [-0.1, -0.05) is 42.5 Å². The molecule has 2 nitrogen and oxygen atoms in total. The van der Waals surface area contributed by atoms with E-state index >= 15 is 0 Å². The molecule has 0 fully saturated rings. The zero-order valence-electron chi connectivity index (χ0n) is 11.0. The maximum absolute atomic E-state index is 12.7. The average molecular weight is 285 g/mol. The van der Waals surface area contributed by atoms with Crippen molar-refractivity contribution in [3.05, 3.63) is 70.6 Å². The Morgan fingerprint density at radius 2 is 1.65 bits per heavy atom. The van der Waals surface area contributed by atoms with Crippen LogP contribution in [0.1, 0.15) is 18.1 Å². The van der Waals surface area contributed by atoms with Gasteiger partial charge in [-0.25, -0.2) is 0 Å². The number of fused-ring (bicyclic) bond motifs is 1. The highest BCUT2D eigenvalue weighted by Crippen LogP contribution is 2.31. The molecule has 20 heavy (non-hydrogen) atoms. The van der Waals surface area contributed by atoms with Crippen LogP contribution in [0, 0.1) is 0 Å². The van der Waals surface area contributed by atoms with Gasteiger partial charge in [0.2, 0.25) is 5.43 Å². The van der Waals surface area contributed by atoms with Crippen molar-refractivity contribution in [2.24, 2.45) is 0 Å². The van der Waals surface area contributed by atoms with Crippen LogP contribution in [0.3, 0.4) is 0 Å². The highest BCUT2D eigenvalue weighted by atomic mass is 35.5. The van der Waals surface area contributed by atoms with E-state index < -0.39 is 0 Å². The lowest BCUT2D eigenvalue weighted by molar-refractivity contribution is 0.540. The Kier molecular flexibility index (Phi) is 3.33. The molecule has 1 atom stereocenters. The molecule has 100 valence electrons. The molecule has 0 bridgehead atoms. The van der Waals surface area contributed by atoms with Gasteiger partial charge < -0.3 is 4.42 Å².